The van der Waals surface area contributed by atoms with Gasteiger partial charge >= 0.3 is 6.03 Å². The van der Waals surface area contributed by atoms with Gasteiger partial charge in [-0.1, -0.05) is 30.3 Å². The van der Waals surface area contributed by atoms with Crippen LogP contribution in [0.25, 0.3) is 0 Å². The van der Waals surface area contributed by atoms with Crippen molar-refractivity contribution >= 4 is 6.03 Å². The number of benzene rings is 1. The highest BCUT2D eigenvalue weighted by Crippen LogP contribution is 1.97. The number of nitrogens with zero attached hydrogens (tertiary/aromatic N) is 1. The molecule has 2 rings (SSSR count). The molecule has 0 fully saturated rings. The molecule has 0 unspecified atom stereocenters. The standard InChI is InChI=1S/C14H18N4O/c19-14(17-9-7-13-10-15-11-18-13)16-8-6-12-4-2-1-3-5-12/h1-5,10-11H,6-9H2,(H,15,18)(H2,16,17,19). The molecule has 0 aliphatic carbocycles. The van der Waals surface area contributed by atoms with Gasteiger partial charge < -0.3 is 15.6 Å². The van der Waals surface area contributed by atoms with E-state index in [9.17, 15) is 4.79 Å². The van der Waals surface area contributed by atoms with Gasteiger partial charge in [-0.05, 0) is 12.0 Å². The number of aromatic amines is 1. The number of hydrogen-bond donors (Lipinski definition) is 3. The number of imidazole rings is 1. The summed E-state index contributed by atoms with van der Waals surface area (Å²) in [6.07, 6.45) is 4.99. The summed E-state index contributed by atoms with van der Waals surface area (Å²) in [5.41, 5.74) is 2.24. The van der Waals surface area contributed by atoms with Crippen molar-refractivity contribution in [1.82, 2.24) is 20.6 Å². The van der Waals surface area contributed by atoms with Crippen molar-refractivity contribution in [2.45, 2.75) is 12.8 Å². The van der Waals surface area contributed by atoms with Crippen LogP contribution in [0.4, 0.5) is 4.79 Å². The van der Waals surface area contributed by atoms with Gasteiger partial charge in [0, 0.05) is 31.4 Å². The van der Waals surface area contributed by atoms with Gasteiger partial charge in [0.2, 0.25) is 0 Å². The number of carbonyl (C=O) groups excluding carboxylic acids is 1. The fourth-order valence-corrected chi connectivity index (χ4v) is 1.76. The minimum atomic E-state index is -0.129. The van der Waals surface area contributed by atoms with E-state index in [2.05, 4.69) is 32.7 Å². The minimum absolute atomic E-state index is 0.129. The maximum Gasteiger partial charge on any atom is 0.314 e. The molecule has 0 bridgehead atoms. The van der Waals surface area contributed by atoms with Crippen LogP contribution in [0.1, 0.15) is 11.3 Å². The lowest BCUT2D eigenvalue weighted by atomic mass is 10.1. The third kappa shape index (κ3) is 4.83. The second-order valence-corrected chi connectivity index (χ2v) is 4.25. The van der Waals surface area contributed by atoms with Crippen molar-refractivity contribution in [3.05, 3.63) is 54.1 Å². The number of hydrogen-bond acceptors (Lipinski definition) is 2. The first-order valence-corrected chi connectivity index (χ1v) is 6.37. The van der Waals surface area contributed by atoms with Crippen LogP contribution >= 0.6 is 0 Å². The molecule has 0 aliphatic heterocycles. The van der Waals surface area contributed by atoms with Crippen molar-refractivity contribution in [3.8, 4) is 0 Å². The fourth-order valence-electron chi connectivity index (χ4n) is 1.76. The predicted molar refractivity (Wildman–Crippen MR) is 73.8 cm³/mol. The summed E-state index contributed by atoms with van der Waals surface area (Å²) in [7, 11) is 0. The van der Waals surface area contributed by atoms with Crippen molar-refractivity contribution in [1.29, 1.82) is 0 Å². The van der Waals surface area contributed by atoms with E-state index < -0.39 is 0 Å². The van der Waals surface area contributed by atoms with Gasteiger partial charge in [0.25, 0.3) is 0 Å². The maximum atomic E-state index is 11.5. The molecule has 2 aromatic rings. The van der Waals surface area contributed by atoms with E-state index in [4.69, 9.17) is 0 Å². The van der Waals surface area contributed by atoms with E-state index in [1.807, 2.05) is 18.2 Å². The zero-order valence-corrected chi connectivity index (χ0v) is 10.7. The number of rotatable bonds is 6. The molecule has 1 aromatic heterocycles. The summed E-state index contributed by atoms with van der Waals surface area (Å²) in [4.78, 5) is 18.4. The number of aromatic nitrogens is 2. The third-order valence-corrected chi connectivity index (χ3v) is 2.78. The molecule has 19 heavy (non-hydrogen) atoms. The second-order valence-electron chi connectivity index (χ2n) is 4.25. The lowest BCUT2D eigenvalue weighted by molar-refractivity contribution is 0.241. The Morgan fingerprint density at radius 3 is 2.53 bits per heavy atom. The van der Waals surface area contributed by atoms with Crippen LogP contribution in [0, 0.1) is 0 Å². The maximum absolute atomic E-state index is 11.5. The van der Waals surface area contributed by atoms with E-state index in [0.717, 1.165) is 18.5 Å². The normalized spacial score (nSPS) is 10.1. The van der Waals surface area contributed by atoms with Gasteiger partial charge in [-0.3, -0.25) is 0 Å². The SMILES string of the molecule is O=C(NCCc1ccccc1)NCCc1cnc[nH]1. The summed E-state index contributed by atoms with van der Waals surface area (Å²) in [5, 5.41) is 5.64. The number of nitrogens with one attached hydrogen (secondary N) is 3. The quantitative estimate of drug-likeness (QED) is 0.734. The third-order valence-electron chi connectivity index (χ3n) is 2.78. The molecule has 0 spiro atoms. The van der Waals surface area contributed by atoms with Gasteiger partial charge in [-0.25, -0.2) is 9.78 Å². The number of H-pyrrole nitrogens is 1. The van der Waals surface area contributed by atoms with Crippen LogP contribution < -0.4 is 10.6 Å². The Kier molecular flexibility index (Phi) is 4.98. The monoisotopic (exact) mass is 258 g/mol. The number of amides is 2. The Balaban J connectivity index is 1.57. The average Bonchev–Trinajstić information content (AvgIpc) is 2.93. The summed E-state index contributed by atoms with van der Waals surface area (Å²) < 4.78 is 0. The Bertz CT molecular complexity index is 481. The number of carbonyl (C=O) groups is 1. The van der Waals surface area contributed by atoms with Crippen LogP contribution in [-0.2, 0) is 12.8 Å². The highest BCUT2D eigenvalue weighted by atomic mass is 16.2. The van der Waals surface area contributed by atoms with Gasteiger partial charge in [-0.15, -0.1) is 0 Å². The van der Waals surface area contributed by atoms with Crippen molar-refractivity contribution in [3.63, 3.8) is 0 Å². The zero-order chi connectivity index (χ0) is 13.3. The van der Waals surface area contributed by atoms with E-state index in [1.54, 1.807) is 12.5 Å². The Labute approximate surface area is 112 Å². The molecule has 0 saturated heterocycles. The molecule has 0 radical (unpaired) electrons. The topological polar surface area (TPSA) is 69.8 Å². The molecule has 100 valence electrons. The van der Waals surface area contributed by atoms with Crippen molar-refractivity contribution in [2.24, 2.45) is 0 Å². The van der Waals surface area contributed by atoms with Gasteiger partial charge in [0.15, 0.2) is 0 Å². The molecule has 1 aromatic carbocycles. The fraction of sp³-hybridized carbons (Fsp3) is 0.286. The minimum Gasteiger partial charge on any atom is -0.348 e. The molecule has 2 amide bonds. The highest BCUT2D eigenvalue weighted by Gasteiger charge is 2.00. The van der Waals surface area contributed by atoms with E-state index in [0.29, 0.717) is 13.1 Å². The molecule has 0 atom stereocenters. The van der Waals surface area contributed by atoms with Crippen LogP contribution in [0.5, 0.6) is 0 Å². The summed E-state index contributed by atoms with van der Waals surface area (Å²) in [5.74, 6) is 0. The average molecular weight is 258 g/mol. The zero-order valence-electron chi connectivity index (χ0n) is 10.7. The molecule has 0 saturated carbocycles. The van der Waals surface area contributed by atoms with Crippen LogP contribution in [0.2, 0.25) is 0 Å². The second kappa shape index (κ2) is 7.20. The molecule has 0 aliphatic rings. The van der Waals surface area contributed by atoms with E-state index >= 15 is 0 Å². The Morgan fingerprint density at radius 1 is 1.11 bits per heavy atom. The molecule has 1 heterocycles. The molecular formula is C14H18N4O. The van der Waals surface area contributed by atoms with Gasteiger partial charge in [0.05, 0.1) is 6.33 Å². The first-order valence-electron chi connectivity index (χ1n) is 6.37. The van der Waals surface area contributed by atoms with Crippen molar-refractivity contribution < 1.29 is 4.79 Å². The summed E-state index contributed by atoms with van der Waals surface area (Å²) >= 11 is 0. The summed E-state index contributed by atoms with van der Waals surface area (Å²) in [6.45, 7) is 1.24. The number of urea groups is 1. The molecular weight excluding hydrogens is 240 g/mol. The van der Waals surface area contributed by atoms with Crippen LogP contribution in [0.15, 0.2) is 42.9 Å². The molecule has 5 nitrogen and oxygen atoms in total. The van der Waals surface area contributed by atoms with E-state index in [-0.39, 0.29) is 6.03 Å². The van der Waals surface area contributed by atoms with Crippen LogP contribution in [0.3, 0.4) is 0 Å². The smallest absolute Gasteiger partial charge is 0.314 e. The first-order chi connectivity index (χ1) is 9.34. The largest absolute Gasteiger partial charge is 0.348 e. The molecule has 5 heteroatoms. The highest BCUT2D eigenvalue weighted by molar-refractivity contribution is 5.73. The Hall–Kier alpha value is -2.30. The first kappa shape index (κ1) is 13.1. The van der Waals surface area contributed by atoms with Gasteiger partial charge in [0.1, 0.15) is 0 Å². The Morgan fingerprint density at radius 2 is 1.84 bits per heavy atom. The van der Waals surface area contributed by atoms with Gasteiger partial charge in [-0.2, -0.15) is 0 Å². The lowest BCUT2D eigenvalue weighted by Crippen LogP contribution is -2.37. The molecule has 3 N–H and O–H groups in total. The lowest BCUT2D eigenvalue weighted by Gasteiger charge is -2.07. The predicted octanol–water partition coefficient (Wildman–Crippen LogP) is 1.49. The van der Waals surface area contributed by atoms with Crippen molar-refractivity contribution in [2.75, 3.05) is 13.1 Å². The van der Waals surface area contributed by atoms with E-state index in [1.165, 1.54) is 5.56 Å². The summed E-state index contributed by atoms with van der Waals surface area (Å²) in [6, 6.07) is 9.96. The van der Waals surface area contributed by atoms with Crippen LogP contribution in [-0.4, -0.2) is 29.1 Å².